The third-order valence-electron chi connectivity index (χ3n) is 7.83. The number of furan rings is 1. The molecule has 9 nitrogen and oxygen atoms in total. The number of hydrogen-bond donors (Lipinski definition) is 0. The first-order valence-corrected chi connectivity index (χ1v) is 16.5. The molecule has 1 atom stereocenters. The number of carbonyl (C=O) groups excluding carboxylic acids is 1. The van der Waals surface area contributed by atoms with Gasteiger partial charge in [0.25, 0.3) is 11.2 Å². The third-order valence-corrected chi connectivity index (χ3v) is 9.55. The van der Waals surface area contributed by atoms with Crippen LogP contribution in [0, 0.1) is 24.0 Å². The van der Waals surface area contributed by atoms with Crippen molar-refractivity contribution in [1.82, 2.24) is 4.57 Å². The predicted molar refractivity (Wildman–Crippen MR) is 180 cm³/mol. The first-order chi connectivity index (χ1) is 22.2. The second kappa shape index (κ2) is 12.8. The van der Waals surface area contributed by atoms with Gasteiger partial charge in [0, 0.05) is 33.7 Å². The summed E-state index contributed by atoms with van der Waals surface area (Å²) in [7, 11) is 0. The summed E-state index contributed by atoms with van der Waals surface area (Å²) in [6.45, 7) is 5.44. The summed E-state index contributed by atoms with van der Waals surface area (Å²) in [6, 6.07) is 23.1. The van der Waals surface area contributed by atoms with Crippen molar-refractivity contribution < 1.29 is 18.9 Å². The minimum Gasteiger partial charge on any atom is -0.463 e. The van der Waals surface area contributed by atoms with Gasteiger partial charge in [-0.2, -0.15) is 0 Å². The van der Waals surface area contributed by atoms with E-state index in [2.05, 4.69) is 0 Å². The van der Waals surface area contributed by atoms with Crippen LogP contribution < -0.4 is 14.9 Å². The molecule has 11 heteroatoms. The number of hydrogen-bond acceptors (Lipinski definition) is 9. The van der Waals surface area contributed by atoms with Crippen LogP contribution in [0.2, 0.25) is 0 Å². The molecule has 3 heterocycles. The molecule has 0 saturated carbocycles. The van der Waals surface area contributed by atoms with Crippen LogP contribution in [0.1, 0.15) is 41.0 Å². The SMILES string of the molecule is CCOC(=O)C1=C(c2ccccc2)N=c2s/c(=C\c3ccc(-c4cc(C)c(C)c([N+](=O)[O-])c4)o3)c(=O)n2[C@H]1c1ccc(SC)cc1. The molecular weight excluding hydrogens is 623 g/mol. The van der Waals surface area contributed by atoms with Crippen molar-refractivity contribution in [2.75, 3.05) is 12.9 Å². The highest BCUT2D eigenvalue weighted by Crippen LogP contribution is 2.36. The largest absolute Gasteiger partial charge is 0.463 e. The summed E-state index contributed by atoms with van der Waals surface area (Å²) >= 11 is 2.79. The maximum absolute atomic E-state index is 14.2. The van der Waals surface area contributed by atoms with Crippen molar-refractivity contribution in [3.63, 3.8) is 0 Å². The first-order valence-electron chi connectivity index (χ1n) is 14.5. The monoisotopic (exact) mass is 651 g/mol. The number of thioether (sulfide) groups is 1. The van der Waals surface area contributed by atoms with Crippen LogP contribution in [0.25, 0.3) is 23.1 Å². The Labute approximate surface area is 272 Å². The van der Waals surface area contributed by atoms with E-state index in [9.17, 15) is 19.7 Å². The molecule has 0 N–H and O–H groups in total. The van der Waals surface area contributed by atoms with Crippen LogP contribution in [0.15, 0.2) is 104 Å². The van der Waals surface area contributed by atoms with Crippen LogP contribution in [-0.2, 0) is 9.53 Å². The minimum absolute atomic E-state index is 0.0125. The zero-order chi connectivity index (χ0) is 32.5. The van der Waals surface area contributed by atoms with Gasteiger partial charge in [0.05, 0.1) is 33.4 Å². The Kier molecular flexibility index (Phi) is 8.61. The number of nitro groups is 1. The van der Waals surface area contributed by atoms with Gasteiger partial charge in [0.2, 0.25) is 0 Å². The molecule has 0 bridgehead atoms. The number of nitro benzene ring substituents is 1. The van der Waals surface area contributed by atoms with Crippen molar-refractivity contribution in [3.05, 3.63) is 142 Å². The lowest BCUT2D eigenvalue weighted by molar-refractivity contribution is -0.385. The molecule has 0 aliphatic carbocycles. The molecule has 5 aromatic rings. The zero-order valence-corrected chi connectivity index (χ0v) is 27.1. The van der Waals surface area contributed by atoms with Gasteiger partial charge in [-0.1, -0.05) is 53.8 Å². The summed E-state index contributed by atoms with van der Waals surface area (Å²) in [4.78, 5) is 45.3. The fourth-order valence-electron chi connectivity index (χ4n) is 5.43. The summed E-state index contributed by atoms with van der Waals surface area (Å²) < 4.78 is 13.5. The number of nitrogens with zero attached hydrogens (tertiary/aromatic N) is 3. The molecule has 6 rings (SSSR count). The lowest BCUT2D eigenvalue weighted by atomic mass is 9.93. The van der Waals surface area contributed by atoms with Crippen LogP contribution in [0.3, 0.4) is 0 Å². The standard InChI is InChI=1S/C35H29N3O6S2/c1-5-43-34(40)30-31(22-9-7-6-8-10-22)36-35-37(32(30)23-11-14-26(45-4)15-12-23)33(39)29(46-35)19-25-13-16-28(44-25)24-17-20(2)21(3)27(18-24)38(41)42/h6-19,32H,5H2,1-4H3/b29-19-/t32-/m0/s1. The molecule has 0 radical (unpaired) electrons. The third kappa shape index (κ3) is 5.75. The molecule has 0 saturated heterocycles. The van der Waals surface area contributed by atoms with Gasteiger partial charge in [-0.25, -0.2) is 9.79 Å². The number of thiazole rings is 1. The lowest BCUT2D eigenvalue weighted by Crippen LogP contribution is -2.40. The molecule has 2 aromatic heterocycles. The summed E-state index contributed by atoms with van der Waals surface area (Å²) in [6.07, 6.45) is 3.61. The highest BCUT2D eigenvalue weighted by Gasteiger charge is 2.35. The number of esters is 1. The van der Waals surface area contributed by atoms with Crippen LogP contribution in [-0.4, -0.2) is 28.3 Å². The number of ether oxygens (including phenoxy) is 1. The average Bonchev–Trinajstić information content (AvgIpc) is 3.65. The number of benzene rings is 3. The maximum Gasteiger partial charge on any atom is 0.338 e. The van der Waals surface area contributed by atoms with Crippen molar-refractivity contribution in [2.24, 2.45) is 4.99 Å². The van der Waals surface area contributed by atoms with Crippen molar-refractivity contribution in [3.8, 4) is 11.3 Å². The number of aryl methyl sites for hydroxylation is 1. The van der Waals surface area contributed by atoms with E-state index in [4.69, 9.17) is 14.1 Å². The Morgan fingerprint density at radius 3 is 2.50 bits per heavy atom. The van der Waals surface area contributed by atoms with E-state index in [0.717, 1.165) is 21.6 Å². The Hall–Kier alpha value is -5.00. The van der Waals surface area contributed by atoms with Gasteiger partial charge in [-0.05, 0) is 68.5 Å². The molecule has 3 aromatic carbocycles. The molecule has 0 spiro atoms. The molecule has 0 amide bonds. The quantitative estimate of drug-likeness (QED) is 0.0820. The van der Waals surface area contributed by atoms with Crippen molar-refractivity contribution >= 4 is 46.5 Å². The molecule has 0 fully saturated rings. The van der Waals surface area contributed by atoms with Gasteiger partial charge in [-0.15, -0.1) is 11.8 Å². The van der Waals surface area contributed by atoms with Gasteiger partial charge in [0.15, 0.2) is 4.80 Å². The zero-order valence-electron chi connectivity index (χ0n) is 25.5. The van der Waals surface area contributed by atoms with E-state index in [0.29, 0.717) is 37.7 Å². The van der Waals surface area contributed by atoms with E-state index >= 15 is 0 Å². The highest BCUT2D eigenvalue weighted by atomic mass is 32.2. The van der Waals surface area contributed by atoms with E-state index in [1.807, 2.05) is 73.8 Å². The van der Waals surface area contributed by atoms with E-state index in [1.54, 1.807) is 48.4 Å². The van der Waals surface area contributed by atoms with E-state index in [1.165, 1.54) is 17.4 Å². The molecule has 232 valence electrons. The number of carbonyl (C=O) groups is 1. The number of rotatable bonds is 8. The summed E-state index contributed by atoms with van der Waals surface area (Å²) in [5, 5.41) is 11.6. The first kappa shape index (κ1) is 31.0. The fraction of sp³-hybridized carbons (Fsp3) is 0.171. The summed E-state index contributed by atoms with van der Waals surface area (Å²) in [5.41, 5.74) is 3.80. The predicted octanol–water partition coefficient (Wildman–Crippen LogP) is 6.44. The normalized spacial score (nSPS) is 14.6. The van der Waals surface area contributed by atoms with Gasteiger partial charge < -0.3 is 9.15 Å². The molecule has 1 aliphatic heterocycles. The lowest BCUT2D eigenvalue weighted by Gasteiger charge is -2.26. The van der Waals surface area contributed by atoms with Gasteiger partial charge in [0.1, 0.15) is 11.5 Å². The average molecular weight is 652 g/mol. The second-order valence-corrected chi connectivity index (χ2v) is 12.5. The number of fused-ring (bicyclic) bond motifs is 1. The molecule has 46 heavy (non-hydrogen) atoms. The van der Waals surface area contributed by atoms with Crippen LogP contribution >= 0.6 is 23.1 Å². The van der Waals surface area contributed by atoms with Crippen LogP contribution in [0.5, 0.6) is 0 Å². The van der Waals surface area contributed by atoms with E-state index < -0.39 is 16.9 Å². The second-order valence-electron chi connectivity index (χ2n) is 10.6. The maximum atomic E-state index is 14.2. The number of aromatic nitrogens is 1. The Morgan fingerprint density at radius 2 is 1.83 bits per heavy atom. The van der Waals surface area contributed by atoms with Crippen molar-refractivity contribution in [2.45, 2.75) is 31.7 Å². The van der Waals surface area contributed by atoms with Crippen LogP contribution in [0.4, 0.5) is 5.69 Å². The van der Waals surface area contributed by atoms with Gasteiger partial charge >= 0.3 is 5.97 Å². The van der Waals surface area contributed by atoms with Crippen molar-refractivity contribution in [1.29, 1.82) is 0 Å². The smallest absolute Gasteiger partial charge is 0.338 e. The Bertz CT molecular complexity index is 2200. The molecule has 1 aliphatic rings. The topological polar surface area (TPSA) is 117 Å². The highest BCUT2D eigenvalue weighted by molar-refractivity contribution is 7.98. The minimum atomic E-state index is -0.785. The summed E-state index contributed by atoms with van der Waals surface area (Å²) in [5.74, 6) is 0.291. The fourth-order valence-corrected chi connectivity index (χ4v) is 6.82. The van der Waals surface area contributed by atoms with E-state index in [-0.39, 0.29) is 23.4 Å². The molecular formula is C35H29N3O6S2. The Morgan fingerprint density at radius 1 is 1.09 bits per heavy atom. The van der Waals surface area contributed by atoms with Gasteiger partial charge in [-0.3, -0.25) is 19.5 Å². The molecule has 0 unspecified atom stereocenters. The Balaban J connectivity index is 1.53.